The predicted octanol–water partition coefficient (Wildman–Crippen LogP) is 0.474. The van der Waals surface area contributed by atoms with Gasteiger partial charge in [0.2, 0.25) is 0 Å². The van der Waals surface area contributed by atoms with Crippen molar-refractivity contribution in [3.05, 3.63) is 15.4 Å². The van der Waals surface area contributed by atoms with Crippen LogP contribution >= 0.6 is 11.3 Å². The lowest BCUT2D eigenvalue weighted by atomic mass is 10.2. The topological polar surface area (TPSA) is 64.3 Å². The number of thiazole rings is 1. The van der Waals surface area contributed by atoms with Gasteiger partial charge in [-0.3, -0.25) is 9.89 Å². The lowest BCUT2D eigenvalue weighted by Crippen LogP contribution is -2.48. The van der Waals surface area contributed by atoms with Crippen molar-refractivity contribution < 1.29 is 9.90 Å². The van der Waals surface area contributed by atoms with E-state index in [9.17, 15) is 4.79 Å². The second kappa shape index (κ2) is 7.26. The monoisotopic (exact) mass is 327 g/mol. The Kier molecular flexibility index (Phi) is 5.60. The van der Waals surface area contributed by atoms with Gasteiger partial charge in [-0.1, -0.05) is 0 Å². The van der Waals surface area contributed by atoms with Crippen LogP contribution in [0.5, 0.6) is 0 Å². The Hall–Kier alpha value is -1.38. The summed E-state index contributed by atoms with van der Waals surface area (Å²) in [6.45, 7) is 4.47. The number of carbonyl (C=O) groups is 1. The van der Waals surface area contributed by atoms with E-state index in [1.807, 2.05) is 7.05 Å². The maximum absolute atomic E-state index is 11.0. The fourth-order valence-electron chi connectivity index (χ4n) is 2.65. The zero-order valence-corrected chi connectivity index (χ0v) is 14.6. The van der Waals surface area contributed by atoms with E-state index in [0.717, 1.165) is 31.0 Å². The first-order valence-corrected chi connectivity index (χ1v) is 8.19. The molecule has 0 spiro atoms. The maximum atomic E-state index is 11.0. The van der Waals surface area contributed by atoms with E-state index in [2.05, 4.69) is 40.5 Å². The summed E-state index contributed by atoms with van der Waals surface area (Å²) in [5.74, 6) is 0. The number of piperazine rings is 1. The average Bonchev–Trinajstić information content (AvgIpc) is 2.75. The molecule has 2 heterocycles. The molecule has 1 saturated heterocycles. The molecule has 1 aliphatic rings. The van der Waals surface area contributed by atoms with Crippen LogP contribution in [0.15, 0.2) is 4.99 Å². The first-order valence-electron chi connectivity index (χ1n) is 7.37. The highest BCUT2D eigenvalue weighted by molar-refractivity contribution is 7.09. The van der Waals surface area contributed by atoms with Crippen molar-refractivity contribution in [1.82, 2.24) is 19.3 Å². The van der Waals surface area contributed by atoms with Crippen LogP contribution < -0.4 is 4.80 Å². The Labute approximate surface area is 135 Å². The van der Waals surface area contributed by atoms with Crippen LogP contribution in [0.1, 0.15) is 10.6 Å². The molecule has 0 saturated carbocycles. The third kappa shape index (κ3) is 3.88. The number of hydrogen-bond donors (Lipinski definition) is 1. The van der Waals surface area contributed by atoms with Gasteiger partial charge in [-0.05, 0) is 14.1 Å². The minimum Gasteiger partial charge on any atom is -0.465 e. The van der Waals surface area contributed by atoms with Gasteiger partial charge in [-0.15, -0.1) is 11.3 Å². The van der Waals surface area contributed by atoms with Crippen molar-refractivity contribution >= 4 is 17.4 Å². The summed E-state index contributed by atoms with van der Waals surface area (Å²) >= 11 is 1.73. The zero-order chi connectivity index (χ0) is 16.3. The van der Waals surface area contributed by atoms with Crippen molar-refractivity contribution in [2.24, 2.45) is 12.0 Å². The molecule has 0 atom stereocenters. The summed E-state index contributed by atoms with van der Waals surface area (Å²) in [6, 6.07) is 0. The first kappa shape index (κ1) is 17.0. The summed E-state index contributed by atoms with van der Waals surface area (Å²) in [5, 5.41) is 9.02. The average molecular weight is 327 g/mol. The van der Waals surface area contributed by atoms with Crippen LogP contribution in [0.4, 0.5) is 4.79 Å². The molecule has 1 aromatic rings. The number of nitrogens with zero attached hydrogens (tertiary/aromatic N) is 5. The lowest BCUT2D eigenvalue weighted by Gasteiger charge is -2.33. The molecule has 124 valence electrons. The van der Waals surface area contributed by atoms with E-state index in [4.69, 9.17) is 5.11 Å². The normalized spacial score (nSPS) is 17.5. The third-order valence-corrected chi connectivity index (χ3v) is 5.15. The standard InChI is InChI=1S/C14H25N5O2S/c1-15-13-17(4)11(12(22-13)10-16(2)3)9-18-5-7-19(8-6-18)14(20)21/h5-10H2,1-4H3,(H,20,21). The van der Waals surface area contributed by atoms with Crippen LogP contribution in [0.3, 0.4) is 0 Å². The molecule has 7 nitrogen and oxygen atoms in total. The van der Waals surface area contributed by atoms with Crippen LogP contribution in [0.25, 0.3) is 0 Å². The molecule has 1 aromatic heterocycles. The maximum Gasteiger partial charge on any atom is 0.407 e. The summed E-state index contributed by atoms with van der Waals surface area (Å²) < 4.78 is 2.16. The molecule has 0 bridgehead atoms. The second-order valence-electron chi connectivity index (χ2n) is 5.82. The summed E-state index contributed by atoms with van der Waals surface area (Å²) in [6.07, 6.45) is -0.818. The lowest BCUT2D eigenvalue weighted by molar-refractivity contribution is 0.102. The van der Waals surface area contributed by atoms with Gasteiger partial charge in [0.15, 0.2) is 4.80 Å². The predicted molar refractivity (Wildman–Crippen MR) is 87.0 cm³/mol. The molecule has 1 amide bonds. The quantitative estimate of drug-likeness (QED) is 0.873. The van der Waals surface area contributed by atoms with Gasteiger partial charge < -0.3 is 19.5 Å². The van der Waals surface area contributed by atoms with Crippen molar-refractivity contribution in [3.8, 4) is 0 Å². The SMILES string of the molecule is CN=c1sc(CN(C)C)c(CN2CCN(C(=O)O)CC2)n1C. The van der Waals surface area contributed by atoms with Gasteiger partial charge in [0.1, 0.15) is 0 Å². The van der Waals surface area contributed by atoms with E-state index in [-0.39, 0.29) is 0 Å². The molecule has 22 heavy (non-hydrogen) atoms. The smallest absolute Gasteiger partial charge is 0.407 e. The van der Waals surface area contributed by atoms with Crippen LogP contribution in [-0.2, 0) is 20.1 Å². The molecular weight excluding hydrogens is 302 g/mol. The Bertz CT molecular complexity index is 585. The third-order valence-electron chi connectivity index (χ3n) is 3.90. The molecule has 1 aliphatic heterocycles. The summed E-state index contributed by atoms with van der Waals surface area (Å²) in [7, 11) is 8.01. The highest BCUT2D eigenvalue weighted by atomic mass is 32.1. The Morgan fingerprint density at radius 3 is 2.45 bits per heavy atom. The second-order valence-corrected chi connectivity index (χ2v) is 6.88. The Balaban J connectivity index is 2.12. The Morgan fingerprint density at radius 1 is 1.32 bits per heavy atom. The van der Waals surface area contributed by atoms with Crippen molar-refractivity contribution in [3.63, 3.8) is 0 Å². The summed E-state index contributed by atoms with van der Waals surface area (Å²) in [5.41, 5.74) is 1.28. The molecule has 0 aliphatic carbocycles. The highest BCUT2D eigenvalue weighted by Crippen LogP contribution is 2.17. The largest absolute Gasteiger partial charge is 0.465 e. The van der Waals surface area contributed by atoms with Crippen LogP contribution in [-0.4, -0.2) is 77.8 Å². The van der Waals surface area contributed by atoms with Gasteiger partial charge in [0.25, 0.3) is 0 Å². The van der Waals surface area contributed by atoms with E-state index in [1.165, 1.54) is 15.5 Å². The molecule has 8 heteroatoms. The van der Waals surface area contributed by atoms with Gasteiger partial charge in [0.05, 0.1) is 0 Å². The van der Waals surface area contributed by atoms with Crippen LogP contribution in [0.2, 0.25) is 0 Å². The van der Waals surface area contributed by atoms with Crippen molar-refractivity contribution in [2.75, 3.05) is 47.3 Å². The number of hydrogen-bond acceptors (Lipinski definition) is 5. The molecular formula is C14H25N5O2S. The number of rotatable bonds is 4. The van der Waals surface area contributed by atoms with E-state index >= 15 is 0 Å². The Morgan fingerprint density at radius 2 is 1.95 bits per heavy atom. The fraction of sp³-hybridized carbons (Fsp3) is 0.714. The van der Waals surface area contributed by atoms with Gasteiger partial charge in [-0.25, -0.2) is 4.79 Å². The van der Waals surface area contributed by atoms with E-state index < -0.39 is 6.09 Å². The van der Waals surface area contributed by atoms with Gasteiger partial charge >= 0.3 is 6.09 Å². The van der Waals surface area contributed by atoms with Crippen molar-refractivity contribution in [1.29, 1.82) is 0 Å². The number of aromatic nitrogens is 1. The molecule has 2 rings (SSSR count). The highest BCUT2D eigenvalue weighted by Gasteiger charge is 2.22. The van der Waals surface area contributed by atoms with E-state index in [1.54, 1.807) is 11.3 Å². The zero-order valence-electron chi connectivity index (χ0n) is 13.7. The minimum atomic E-state index is -0.818. The fourth-order valence-corrected chi connectivity index (χ4v) is 3.85. The van der Waals surface area contributed by atoms with Gasteiger partial charge in [0, 0.05) is 63.9 Å². The molecule has 0 aromatic carbocycles. The molecule has 0 unspecified atom stereocenters. The van der Waals surface area contributed by atoms with E-state index in [0.29, 0.717) is 13.1 Å². The van der Waals surface area contributed by atoms with Gasteiger partial charge in [-0.2, -0.15) is 0 Å². The molecule has 1 fully saturated rings. The first-order chi connectivity index (χ1) is 10.4. The minimum absolute atomic E-state index is 0.581. The number of amides is 1. The summed E-state index contributed by atoms with van der Waals surface area (Å²) in [4.78, 5) is 23.6. The van der Waals surface area contributed by atoms with Crippen molar-refractivity contribution in [2.45, 2.75) is 13.1 Å². The van der Waals surface area contributed by atoms with Crippen LogP contribution in [0, 0.1) is 0 Å². The molecule has 0 radical (unpaired) electrons. The molecule has 1 N–H and O–H groups in total. The number of carboxylic acid groups (broad SMARTS) is 1.